The molecule has 2 aromatic carbocycles. The van der Waals surface area contributed by atoms with Crippen molar-refractivity contribution in [3.8, 4) is 22.6 Å². The van der Waals surface area contributed by atoms with Crippen LogP contribution in [0.1, 0.15) is 0 Å². The number of amides is 1. The molecule has 0 saturated carbocycles. The van der Waals surface area contributed by atoms with E-state index in [1.807, 2.05) is 17.5 Å². The van der Waals surface area contributed by atoms with Gasteiger partial charge in [0.2, 0.25) is 11.1 Å². The zero-order valence-corrected chi connectivity index (χ0v) is 18.4. The molecule has 4 rings (SSSR count). The predicted octanol–water partition coefficient (Wildman–Crippen LogP) is 4.82. The van der Waals surface area contributed by atoms with E-state index in [1.54, 1.807) is 36.4 Å². The lowest BCUT2D eigenvalue weighted by Crippen LogP contribution is -2.16. The maximum absolute atomic E-state index is 12.3. The third-order valence-electron chi connectivity index (χ3n) is 3.99. The van der Waals surface area contributed by atoms with Crippen molar-refractivity contribution < 1.29 is 4.79 Å². The molecule has 7 nitrogen and oxygen atoms in total. The first-order valence-corrected chi connectivity index (χ1v) is 11.2. The number of carbonyl (C=O) groups excluding carboxylic acids is 1. The van der Waals surface area contributed by atoms with Gasteiger partial charge < -0.3 is 11.2 Å². The molecular formula is C19H14Cl2N6OS2. The number of nitrogens with two attached hydrogens (primary N) is 1. The van der Waals surface area contributed by atoms with Gasteiger partial charge in [0.15, 0.2) is 11.0 Å². The average Bonchev–Trinajstić information content (AvgIpc) is 3.34. The molecule has 0 unspecified atom stereocenters. The van der Waals surface area contributed by atoms with Crippen molar-refractivity contribution in [3.05, 3.63) is 64.0 Å². The summed E-state index contributed by atoms with van der Waals surface area (Å²) < 4.78 is 1.35. The number of nitrogens with one attached hydrogen (secondary N) is 1. The Bertz CT molecular complexity index is 1170. The van der Waals surface area contributed by atoms with Gasteiger partial charge in [-0.1, -0.05) is 47.1 Å². The minimum absolute atomic E-state index is 0.117. The van der Waals surface area contributed by atoms with Gasteiger partial charge in [0.1, 0.15) is 0 Å². The van der Waals surface area contributed by atoms with E-state index < -0.39 is 0 Å². The number of hydrogen-bond donors (Lipinski definition) is 2. The number of hydrogen-bond acceptors (Lipinski definition) is 7. The molecule has 3 N–H and O–H groups in total. The Kier molecular flexibility index (Phi) is 6.24. The number of thiazole rings is 1. The number of carbonyl (C=O) groups is 1. The van der Waals surface area contributed by atoms with Crippen LogP contribution in [-0.2, 0) is 4.79 Å². The van der Waals surface area contributed by atoms with E-state index in [2.05, 4.69) is 20.5 Å². The summed E-state index contributed by atoms with van der Waals surface area (Å²) in [6, 6.07) is 14.5. The molecule has 0 aliphatic rings. The number of nitrogens with zero attached hydrogens (tertiary/aromatic N) is 4. The molecule has 0 saturated heterocycles. The molecule has 0 radical (unpaired) electrons. The number of thioether (sulfide) groups is 1. The summed E-state index contributed by atoms with van der Waals surface area (Å²) in [6.45, 7) is 0. The molecule has 0 spiro atoms. The molecule has 0 fully saturated rings. The lowest BCUT2D eigenvalue weighted by atomic mass is 10.2. The van der Waals surface area contributed by atoms with Crippen LogP contribution in [0.4, 0.5) is 5.13 Å². The number of benzene rings is 2. The number of rotatable bonds is 6. The third kappa shape index (κ3) is 4.76. The smallest absolute Gasteiger partial charge is 0.236 e. The van der Waals surface area contributed by atoms with Crippen molar-refractivity contribution in [2.75, 3.05) is 16.9 Å². The summed E-state index contributed by atoms with van der Waals surface area (Å²) in [4.78, 5) is 16.7. The molecule has 11 heteroatoms. The molecular weight excluding hydrogens is 463 g/mol. The first-order valence-electron chi connectivity index (χ1n) is 8.60. The van der Waals surface area contributed by atoms with Gasteiger partial charge in [-0.3, -0.25) is 4.79 Å². The molecule has 30 heavy (non-hydrogen) atoms. The van der Waals surface area contributed by atoms with Gasteiger partial charge in [-0.15, -0.1) is 21.5 Å². The summed E-state index contributed by atoms with van der Waals surface area (Å²) in [6.07, 6.45) is 0. The maximum atomic E-state index is 12.3. The fraction of sp³-hybridized carbons (Fsp3) is 0.0526. The largest absolute Gasteiger partial charge is 0.335 e. The van der Waals surface area contributed by atoms with Crippen LogP contribution in [0.25, 0.3) is 22.6 Å². The fourth-order valence-electron chi connectivity index (χ4n) is 2.54. The van der Waals surface area contributed by atoms with Gasteiger partial charge in [0, 0.05) is 26.6 Å². The second-order valence-corrected chi connectivity index (χ2v) is 8.74. The average molecular weight is 477 g/mol. The van der Waals surface area contributed by atoms with Gasteiger partial charge >= 0.3 is 0 Å². The topological polar surface area (TPSA) is 98.7 Å². The van der Waals surface area contributed by atoms with E-state index in [0.29, 0.717) is 26.2 Å². The quantitative estimate of drug-likeness (QED) is 0.305. The molecule has 1 amide bonds. The number of halogens is 2. The van der Waals surface area contributed by atoms with Gasteiger partial charge in [-0.25, -0.2) is 9.66 Å². The van der Waals surface area contributed by atoms with Crippen molar-refractivity contribution >= 4 is 57.3 Å². The highest BCUT2D eigenvalue weighted by Crippen LogP contribution is 2.27. The molecule has 0 atom stereocenters. The van der Waals surface area contributed by atoms with E-state index in [-0.39, 0.29) is 11.7 Å². The van der Waals surface area contributed by atoms with Crippen LogP contribution in [0.3, 0.4) is 0 Å². The minimum atomic E-state index is -0.215. The van der Waals surface area contributed by atoms with E-state index in [9.17, 15) is 4.79 Å². The lowest BCUT2D eigenvalue weighted by Gasteiger charge is -2.04. The van der Waals surface area contributed by atoms with Crippen LogP contribution >= 0.6 is 46.3 Å². The van der Waals surface area contributed by atoms with Crippen molar-refractivity contribution in [2.24, 2.45) is 0 Å². The fourth-order valence-corrected chi connectivity index (χ4v) is 4.19. The normalized spacial score (nSPS) is 10.9. The Labute approximate surface area is 190 Å². The first kappa shape index (κ1) is 20.7. The summed E-state index contributed by atoms with van der Waals surface area (Å²) >= 11 is 14.4. The van der Waals surface area contributed by atoms with Gasteiger partial charge in [0.05, 0.1) is 11.4 Å². The monoisotopic (exact) mass is 476 g/mol. The van der Waals surface area contributed by atoms with Crippen molar-refractivity contribution in [2.45, 2.75) is 5.16 Å². The molecule has 4 aromatic rings. The standard InChI is InChI=1S/C19H14Cl2N6OS2/c20-13-5-1-11(2-6-13)15-9-29-18(23-15)24-16(28)10-30-19-26-25-17(27(19)22)12-3-7-14(21)8-4-12/h1-9H,10,22H2,(H,23,24,28). The third-order valence-corrected chi connectivity index (χ3v) is 6.19. The molecule has 0 bridgehead atoms. The zero-order chi connectivity index (χ0) is 21.1. The van der Waals surface area contributed by atoms with E-state index in [0.717, 1.165) is 16.8 Å². The van der Waals surface area contributed by atoms with Crippen molar-refractivity contribution in [3.63, 3.8) is 0 Å². The second kappa shape index (κ2) is 9.05. The second-order valence-electron chi connectivity index (χ2n) is 6.06. The molecule has 0 aliphatic heterocycles. The number of nitrogen functional groups attached to an aromatic ring is 1. The van der Waals surface area contributed by atoms with Crippen molar-refractivity contribution in [1.29, 1.82) is 0 Å². The molecule has 2 heterocycles. The number of anilines is 1. The van der Waals surface area contributed by atoms with E-state index in [1.165, 1.54) is 27.8 Å². The Hall–Kier alpha value is -2.59. The highest BCUT2D eigenvalue weighted by atomic mass is 35.5. The maximum Gasteiger partial charge on any atom is 0.236 e. The van der Waals surface area contributed by atoms with Crippen molar-refractivity contribution in [1.82, 2.24) is 19.9 Å². The Morgan fingerprint density at radius 3 is 2.33 bits per heavy atom. The Balaban J connectivity index is 1.36. The van der Waals surface area contributed by atoms with Crippen LogP contribution < -0.4 is 11.2 Å². The molecule has 2 aromatic heterocycles. The minimum Gasteiger partial charge on any atom is -0.335 e. The highest BCUT2D eigenvalue weighted by Gasteiger charge is 2.15. The lowest BCUT2D eigenvalue weighted by molar-refractivity contribution is -0.113. The van der Waals surface area contributed by atoms with Crippen LogP contribution in [0.2, 0.25) is 10.0 Å². The molecule has 0 aliphatic carbocycles. The van der Waals surface area contributed by atoms with Gasteiger partial charge in [-0.05, 0) is 36.4 Å². The van der Waals surface area contributed by atoms with Crippen LogP contribution in [-0.4, -0.2) is 31.5 Å². The Morgan fingerprint density at radius 1 is 1.03 bits per heavy atom. The van der Waals surface area contributed by atoms with Gasteiger partial charge in [0.25, 0.3) is 0 Å². The summed E-state index contributed by atoms with van der Waals surface area (Å²) in [5.41, 5.74) is 2.48. The summed E-state index contributed by atoms with van der Waals surface area (Å²) in [5, 5.41) is 15.0. The Morgan fingerprint density at radius 2 is 1.67 bits per heavy atom. The highest BCUT2D eigenvalue weighted by molar-refractivity contribution is 7.99. The van der Waals surface area contributed by atoms with Crippen LogP contribution in [0.5, 0.6) is 0 Å². The van der Waals surface area contributed by atoms with E-state index in [4.69, 9.17) is 29.0 Å². The predicted molar refractivity (Wildman–Crippen MR) is 123 cm³/mol. The van der Waals surface area contributed by atoms with Crippen LogP contribution in [0, 0.1) is 0 Å². The first-order chi connectivity index (χ1) is 14.5. The number of aromatic nitrogens is 4. The molecule has 152 valence electrons. The zero-order valence-electron chi connectivity index (χ0n) is 15.3. The van der Waals surface area contributed by atoms with Crippen LogP contribution in [0.15, 0.2) is 59.1 Å². The SMILES string of the molecule is Nn1c(SCC(=O)Nc2nc(-c3ccc(Cl)cc3)cs2)nnc1-c1ccc(Cl)cc1. The van der Waals surface area contributed by atoms with Gasteiger partial charge in [-0.2, -0.15) is 0 Å². The summed E-state index contributed by atoms with van der Waals surface area (Å²) in [5.74, 6) is 6.47. The van der Waals surface area contributed by atoms with E-state index >= 15 is 0 Å². The summed E-state index contributed by atoms with van der Waals surface area (Å²) in [7, 11) is 0.